The number of methoxy groups -OCH3 is 1. The van der Waals surface area contributed by atoms with Gasteiger partial charge in [0.1, 0.15) is 0 Å². The molecule has 0 atom stereocenters. The Morgan fingerprint density at radius 3 is 2.87 bits per heavy atom. The molecule has 0 amide bonds. The van der Waals surface area contributed by atoms with Gasteiger partial charge in [-0.15, -0.1) is 24.8 Å². The number of ether oxygens (including phenoxy) is 1. The van der Waals surface area contributed by atoms with E-state index in [1.54, 1.807) is 0 Å². The van der Waals surface area contributed by atoms with E-state index in [0.717, 1.165) is 24.2 Å². The molecular formula is C8H13Cl2N3O2. The van der Waals surface area contributed by atoms with Crippen LogP contribution in [0.25, 0.3) is 0 Å². The Balaban J connectivity index is 0.000000980. The van der Waals surface area contributed by atoms with Crippen LogP contribution in [-0.4, -0.2) is 29.8 Å². The Kier molecular flexibility index (Phi) is 5.64. The zero-order valence-electron chi connectivity index (χ0n) is 8.20. The van der Waals surface area contributed by atoms with Gasteiger partial charge in [-0.3, -0.25) is 5.10 Å². The van der Waals surface area contributed by atoms with Crippen LogP contribution in [0.1, 0.15) is 21.7 Å². The molecule has 2 N–H and O–H groups in total. The molecule has 0 radical (unpaired) electrons. The van der Waals surface area contributed by atoms with E-state index in [1.807, 2.05) is 0 Å². The summed E-state index contributed by atoms with van der Waals surface area (Å²) in [7, 11) is 1.36. The van der Waals surface area contributed by atoms with Gasteiger partial charge in [0, 0.05) is 30.8 Å². The monoisotopic (exact) mass is 253 g/mol. The molecule has 86 valence electrons. The summed E-state index contributed by atoms with van der Waals surface area (Å²) in [4.78, 5) is 11.2. The fraction of sp³-hybridized carbons (Fsp3) is 0.500. The number of nitrogens with one attached hydrogen (secondary N) is 2. The maximum Gasteiger partial charge on any atom is 0.358 e. The molecule has 15 heavy (non-hydrogen) atoms. The molecule has 0 aliphatic carbocycles. The Morgan fingerprint density at radius 1 is 1.47 bits per heavy atom. The van der Waals surface area contributed by atoms with Crippen LogP contribution >= 0.6 is 24.8 Å². The van der Waals surface area contributed by atoms with Crippen molar-refractivity contribution in [2.24, 2.45) is 0 Å². The van der Waals surface area contributed by atoms with Crippen LogP contribution in [0.5, 0.6) is 0 Å². The van der Waals surface area contributed by atoms with Crippen molar-refractivity contribution in [3.8, 4) is 0 Å². The maximum absolute atomic E-state index is 11.2. The molecule has 0 aromatic carbocycles. The van der Waals surface area contributed by atoms with E-state index < -0.39 is 0 Å². The number of carbonyl (C=O) groups excluding carboxylic acids is 1. The van der Waals surface area contributed by atoms with E-state index in [9.17, 15) is 4.79 Å². The Morgan fingerprint density at radius 2 is 2.20 bits per heavy atom. The molecule has 0 spiro atoms. The number of hydrogen-bond donors (Lipinski definition) is 2. The lowest BCUT2D eigenvalue weighted by Gasteiger charge is -2.11. The second-order valence-electron chi connectivity index (χ2n) is 2.95. The molecule has 2 rings (SSSR count). The van der Waals surface area contributed by atoms with Crippen molar-refractivity contribution in [1.82, 2.24) is 15.5 Å². The Bertz CT molecular complexity index is 341. The zero-order chi connectivity index (χ0) is 9.26. The molecule has 7 heteroatoms. The first-order chi connectivity index (χ1) is 6.33. The summed E-state index contributed by atoms with van der Waals surface area (Å²) >= 11 is 0. The molecule has 0 bridgehead atoms. The normalized spacial score (nSPS) is 13.1. The van der Waals surface area contributed by atoms with Gasteiger partial charge in [0.15, 0.2) is 5.69 Å². The molecule has 0 saturated heterocycles. The van der Waals surface area contributed by atoms with E-state index in [4.69, 9.17) is 0 Å². The Hall–Kier alpha value is -0.780. The molecule has 1 aliphatic rings. The summed E-state index contributed by atoms with van der Waals surface area (Å²) in [6, 6.07) is 0. The molecule has 2 heterocycles. The smallest absolute Gasteiger partial charge is 0.358 e. The fourth-order valence-corrected chi connectivity index (χ4v) is 1.49. The molecule has 1 aromatic heterocycles. The number of halogens is 2. The molecular weight excluding hydrogens is 241 g/mol. The lowest BCUT2D eigenvalue weighted by molar-refractivity contribution is 0.0592. The second-order valence-corrected chi connectivity index (χ2v) is 2.95. The Labute approximate surface area is 99.8 Å². The first-order valence-corrected chi connectivity index (χ1v) is 4.18. The van der Waals surface area contributed by atoms with Gasteiger partial charge in [0.05, 0.1) is 7.11 Å². The fourth-order valence-electron chi connectivity index (χ4n) is 1.49. The predicted octanol–water partition coefficient (Wildman–Crippen LogP) is 0.686. The predicted molar refractivity (Wildman–Crippen MR) is 59.8 cm³/mol. The van der Waals surface area contributed by atoms with Gasteiger partial charge >= 0.3 is 5.97 Å². The van der Waals surface area contributed by atoms with Crippen LogP contribution in [0, 0.1) is 0 Å². The zero-order valence-corrected chi connectivity index (χ0v) is 9.83. The van der Waals surface area contributed by atoms with Crippen molar-refractivity contribution in [3.05, 3.63) is 17.0 Å². The number of carbonyl (C=O) groups is 1. The average Bonchev–Trinajstić information content (AvgIpc) is 2.60. The number of fused-ring (bicyclic) bond motifs is 1. The first-order valence-electron chi connectivity index (χ1n) is 4.18. The van der Waals surface area contributed by atoms with E-state index in [0.29, 0.717) is 12.2 Å². The minimum atomic E-state index is -0.374. The lowest BCUT2D eigenvalue weighted by Crippen LogP contribution is -2.24. The molecule has 1 aliphatic heterocycles. The number of H-pyrrole nitrogens is 1. The van der Waals surface area contributed by atoms with Crippen LogP contribution in [0.3, 0.4) is 0 Å². The van der Waals surface area contributed by atoms with Crippen LogP contribution in [0.2, 0.25) is 0 Å². The third-order valence-electron chi connectivity index (χ3n) is 2.19. The van der Waals surface area contributed by atoms with E-state index >= 15 is 0 Å². The quantitative estimate of drug-likeness (QED) is 0.723. The van der Waals surface area contributed by atoms with E-state index in [1.165, 1.54) is 7.11 Å². The molecule has 0 fully saturated rings. The standard InChI is InChI=1S/C8H11N3O2.2ClH/c1-13-8(12)7-5-4-9-3-2-6(5)10-11-7;;/h9H,2-4H2,1H3,(H,10,11);2*1H. The summed E-state index contributed by atoms with van der Waals surface area (Å²) in [5.41, 5.74) is 2.39. The van der Waals surface area contributed by atoms with Gasteiger partial charge in [-0.25, -0.2) is 4.79 Å². The van der Waals surface area contributed by atoms with Crippen molar-refractivity contribution in [1.29, 1.82) is 0 Å². The maximum atomic E-state index is 11.2. The number of nitrogens with zero attached hydrogens (tertiary/aromatic N) is 1. The third kappa shape index (κ3) is 2.62. The van der Waals surface area contributed by atoms with Crippen molar-refractivity contribution in [3.63, 3.8) is 0 Å². The van der Waals surface area contributed by atoms with Gasteiger partial charge in [-0.05, 0) is 0 Å². The highest BCUT2D eigenvalue weighted by atomic mass is 35.5. The molecule has 0 unspecified atom stereocenters. The van der Waals surface area contributed by atoms with Crippen LogP contribution < -0.4 is 5.32 Å². The van der Waals surface area contributed by atoms with Crippen LogP contribution in [0.15, 0.2) is 0 Å². The molecule has 5 nitrogen and oxygen atoms in total. The van der Waals surface area contributed by atoms with Crippen molar-refractivity contribution in [2.75, 3.05) is 13.7 Å². The summed E-state index contributed by atoms with van der Waals surface area (Å²) in [5, 5.41) is 9.96. The van der Waals surface area contributed by atoms with Gasteiger partial charge in [0.2, 0.25) is 0 Å². The van der Waals surface area contributed by atoms with Gasteiger partial charge in [0.25, 0.3) is 0 Å². The number of aromatic amines is 1. The van der Waals surface area contributed by atoms with Gasteiger partial charge in [-0.1, -0.05) is 0 Å². The van der Waals surface area contributed by atoms with Crippen molar-refractivity contribution in [2.45, 2.75) is 13.0 Å². The van der Waals surface area contributed by atoms with Crippen LogP contribution in [0.4, 0.5) is 0 Å². The highest BCUT2D eigenvalue weighted by Gasteiger charge is 2.21. The lowest BCUT2D eigenvalue weighted by atomic mass is 10.1. The van der Waals surface area contributed by atoms with Gasteiger partial charge in [-0.2, -0.15) is 5.10 Å². The summed E-state index contributed by atoms with van der Waals surface area (Å²) in [6.45, 7) is 1.62. The third-order valence-corrected chi connectivity index (χ3v) is 2.19. The second kappa shape index (κ2) is 5.95. The number of esters is 1. The number of rotatable bonds is 1. The molecule has 1 aromatic rings. The SMILES string of the molecule is COC(=O)c1n[nH]c2c1CNCC2.Cl.Cl. The highest BCUT2D eigenvalue weighted by molar-refractivity contribution is 5.89. The number of hydrogen-bond acceptors (Lipinski definition) is 4. The highest BCUT2D eigenvalue weighted by Crippen LogP contribution is 2.15. The largest absolute Gasteiger partial charge is 0.464 e. The van der Waals surface area contributed by atoms with Gasteiger partial charge < -0.3 is 10.1 Å². The summed E-state index contributed by atoms with van der Waals surface area (Å²) < 4.78 is 4.61. The molecule has 0 saturated carbocycles. The minimum Gasteiger partial charge on any atom is -0.464 e. The van der Waals surface area contributed by atoms with E-state index in [2.05, 4.69) is 20.3 Å². The summed E-state index contributed by atoms with van der Waals surface area (Å²) in [6.07, 6.45) is 0.888. The summed E-state index contributed by atoms with van der Waals surface area (Å²) in [5.74, 6) is -0.374. The van der Waals surface area contributed by atoms with E-state index in [-0.39, 0.29) is 30.8 Å². The van der Waals surface area contributed by atoms with Crippen molar-refractivity contribution < 1.29 is 9.53 Å². The van der Waals surface area contributed by atoms with Crippen molar-refractivity contribution >= 4 is 30.8 Å². The average molecular weight is 254 g/mol. The van der Waals surface area contributed by atoms with Crippen LogP contribution in [-0.2, 0) is 17.7 Å². The number of aromatic nitrogens is 2. The minimum absolute atomic E-state index is 0. The first kappa shape index (κ1) is 14.2. The topological polar surface area (TPSA) is 67.0 Å².